The normalized spacial score (nSPS) is 13.4. The number of fused-ring (bicyclic) bond motifs is 1. The molecular weight excluding hydrogens is 384 g/mol. The molecule has 0 heterocycles. The third kappa shape index (κ3) is 4.50. The average molecular weight is 404 g/mol. The number of esters is 1. The van der Waals surface area contributed by atoms with E-state index in [1.807, 2.05) is 60.7 Å². The molecule has 6 nitrogen and oxygen atoms in total. The molecule has 152 valence electrons. The van der Waals surface area contributed by atoms with Gasteiger partial charge in [-0.2, -0.15) is 0 Å². The van der Waals surface area contributed by atoms with Crippen LogP contribution in [0.3, 0.4) is 0 Å². The fraction of sp³-hybridized carbons (Fsp3) is 0.0833. The number of allylic oxidation sites excluding steroid dienone is 1. The Labute approximate surface area is 173 Å². The predicted molar refractivity (Wildman–Crippen MR) is 112 cm³/mol. The van der Waals surface area contributed by atoms with Crippen LogP contribution in [0.4, 0.5) is 0 Å². The Bertz CT molecular complexity index is 1090. The molecule has 0 unspecified atom stereocenters. The highest BCUT2D eigenvalue weighted by atomic mass is 16.5. The van der Waals surface area contributed by atoms with Crippen molar-refractivity contribution in [3.05, 3.63) is 94.6 Å². The van der Waals surface area contributed by atoms with Crippen molar-refractivity contribution < 1.29 is 29.6 Å². The number of phenolic OH excluding ortho intramolecular Hbond substituents is 3. The van der Waals surface area contributed by atoms with Crippen molar-refractivity contribution in [2.24, 2.45) is 0 Å². The van der Waals surface area contributed by atoms with Gasteiger partial charge in [0.2, 0.25) is 0 Å². The topological polar surface area (TPSA) is 104 Å². The van der Waals surface area contributed by atoms with Gasteiger partial charge in [-0.15, -0.1) is 0 Å². The highest BCUT2D eigenvalue weighted by Gasteiger charge is 2.23. The van der Waals surface area contributed by atoms with Crippen LogP contribution in [0.2, 0.25) is 0 Å². The molecule has 6 heteroatoms. The molecule has 0 amide bonds. The first-order chi connectivity index (χ1) is 14.4. The lowest BCUT2D eigenvalue weighted by Crippen LogP contribution is -2.00. The molecule has 4 rings (SSSR count). The van der Waals surface area contributed by atoms with Gasteiger partial charge in [0.1, 0.15) is 0 Å². The summed E-state index contributed by atoms with van der Waals surface area (Å²) in [5, 5.41) is 26.9. The molecule has 1 aliphatic carbocycles. The van der Waals surface area contributed by atoms with E-state index in [1.165, 1.54) is 7.11 Å². The molecule has 0 fully saturated rings. The van der Waals surface area contributed by atoms with E-state index in [9.17, 15) is 9.59 Å². The maximum absolute atomic E-state index is 12.1. The fourth-order valence-corrected chi connectivity index (χ4v) is 3.06. The predicted octanol–water partition coefficient (Wildman–Crippen LogP) is 4.10. The lowest BCUT2D eigenvalue weighted by molar-refractivity contribution is 0.0599. The van der Waals surface area contributed by atoms with Crippen molar-refractivity contribution in [1.82, 2.24) is 0 Å². The number of methoxy groups -OCH3 is 1. The molecule has 3 N–H and O–H groups in total. The van der Waals surface area contributed by atoms with E-state index in [1.54, 1.807) is 0 Å². The van der Waals surface area contributed by atoms with Crippen LogP contribution in [0.25, 0.3) is 6.08 Å². The molecule has 1 aliphatic rings. The molecule has 0 saturated heterocycles. The van der Waals surface area contributed by atoms with Crippen LogP contribution >= 0.6 is 0 Å². The maximum Gasteiger partial charge on any atom is 0.338 e. The van der Waals surface area contributed by atoms with E-state index < -0.39 is 23.2 Å². The number of ketones is 1. The smallest absolute Gasteiger partial charge is 0.338 e. The summed E-state index contributed by atoms with van der Waals surface area (Å²) in [6.45, 7) is 0. The zero-order valence-electron chi connectivity index (χ0n) is 16.2. The Hall–Kier alpha value is -4.06. The zero-order chi connectivity index (χ0) is 21.7. The number of rotatable bonds is 2. The minimum Gasteiger partial charge on any atom is -0.504 e. The van der Waals surface area contributed by atoms with Crippen LogP contribution in [-0.4, -0.2) is 34.2 Å². The number of aromatic hydroxyl groups is 3. The third-order valence-corrected chi connectivity index (χ3v) is 4.57. The summed E-state index contributed by atoms with van der Waals surface area (Å²) in [7, 11) is 1.17. The van der Waals surface area contributed by atoms with Crippen LogP contribution in [0, 0.1) is 0 Å². The van der Waals surface area contributed by atoms with Crippen molar-refractivity contribution >= 4 is 17.8 Å². The fourth-order valence-electron chi connectivity index (χ4n) is 3.06. The Morgan fingerprint density at radius 2 is 1.53 bits per heavy atom. The van der Waals surface area contributed by atoms with Crippen LogP contribution in [-0.2, 0) is 11.2 Å². The summed E-state index contributed by atoms with van der Waals surface area (Å²) < 4.78 is 4.34. The van der Waals surface area contributed by atoms with Gasteiger partial charge in [-0.25, -0.2) is 4.79 Å². The summed E-state index contributed by atoms with van der Waals surface area (Å²) in [5.74, 6) is -2.33. The number of ether oxygens (including phenoxy) is 1. The van der Waals surface area contributed by atoms with Gasteiger partial charge in [-0.3, -0.25) is 4.79 Å². The molecule has 0 saturated carbocycles. The Balaban J connectivity index is 0.000000178. The Kier molecular flexibility index (Phi) is 6.17. The van der Waals surface area contributed by atoms with E-state index in [4.69, 9.17) is 15.3 Å². The summed E-state index contributed by atoms with van der Waals surface area (Å²) in [6, 6.07) is 19.8. The molecule has 0 bridgehead atoms. The summed E-state index contributed by atoms with van der Waals surface area (Å²) in [5.41, 5.74) is 3.94. The van der Waals surface area contributed by atoms with Gasteiger partial charge >= 0.3 is 5.97 Å². The number of benzene rings is 3. The Morgan fingerprint density at radius 1 is 0.933 bits per heavy atom. The second-order valence-electron chi connectivity index (χ2n) is 6.60. The van der Waals surface area contributed by atoms with Gasteiger partial charge in [0.15, 0.2) is 23.0 Å². The monoisotopic (exact) mass is 404 g/mol. The van der Waals surface area contributed by atoms with Gasteiger partial charge < -0.3 is 20.1 Å². The first-order valence-electron chi connectivity index (χ1n) is 9.12. The van der Waals surface area contributed by atoms with Crippen molar-refractivity contribution in [3.8, 4) is 17.2 Å². The number of carbonyl (C=O) groups is 2. The molecular formula is C24H20O6. The zero-order valence-corrected chi connectivity index (χ0v) is 16.2. The van der Waals surface area contributed by atoms with Crippen LogP contribution in [0.1, 0.15) is 31.8 Å². The van der Waals surface area contributed by atoms with Crippen molar-refractivity contribution in [2.45, 2.75) is 6.42 Å². The maximum atomic E-state index is 12.1. The van der Waals surface area contributed by atoms with E-state index in [0.29, 0.717) is 0 Å². The van der Waals surface area contributed by atoms with Crippen LogP contribution in [0.5, 0.6) is 17.2 Å². The molecule has 3 aromatic carbocycles. The van der Waals surface area contributed by atoms with Crippen molar-refractivity contribution in [2.75, 3.05) is 7.11 Å². The van der Waals surface area contributed by atoms with Crippen LogP contribution in [0.15, 0.2) is 72.3 Å². The highest BCUT2D eigenvalue weighted by Crippen LogP contribution is 2.35. The summed E-state index contributed by atoms with van der Waals surface area (Å²) in [4.78, 5) is 23.0. The van der Waals surface area contributed by atoms with Crippen LogP contribution < -0.4 is 0 Å². The largest absolute Gasteiger partial charge is 0.504 e. The van der Waals surface area contributed by atoms with Gasteiger partial charge in [-0.05, 0) is 29.3 Å². The Morgan fingerprint density at radius 3 is 2.13 bits per heavy atom. The standard InChI is InChI=1S/C16H12O.C8H8O5/c17-16-14(10-12-6-2-1-3-7-12)11-13-8-4-5-9-15(13)16;1-13-8(12)4-2-5(9)7(11)6(10)3-4/h1-10H,11H2;2-3,9-11H,1H3. The SMILES string of the molecule is COC(=O)c1cc(O)c(O)c(O)c1.O=C1C(=Cc2ccccc2)Cc2ccccc21. The van der Waals surface area contributed by atoms with Gasteiger partial charge in [0, 0.05) is 17.6 Å². The number of carbonyl (C=O) groups excluding carboxylic acids is 2. The second-order valence-corrected chi connectivity index (χ2v) is 6.60. The average Bonchev–Trinajstić information content (AvgIpc) is 3.07. The quantitative estimate of drug-likeness (QED) is 0.338. The first-order valence-corrected chi connectivity index (χ1v) is 9.12. The number of Topliss-reactive ketones (excluding diaryl/α,β-unsaturated/α-hetero) is 1. The van der Waals surface area contributed by atoms with Gasteiger partial charge in [-0.1, -0.05) is 54.6 Å². The number of hydrogen-bond donors (Lipinski definition) is 3. The van der Waals surface area contributed by atoms with Crippen molar-refractivity contribution in [1.29, 1.82) is 0 Å². The highest BCUT2D eigenvalue weighted by molar-refractivity contribution is 6.15. The van der Waals surface area contributed by atoms with E-state index in [-0.39, 0.29) is 11.3 Å². The van der Waals surface area contributed by atoms with Gasteiger partial charge in [0.25, 0.3) is 0 Å². The molecule has 0 radical (unpaired) electrons. The molecule has 0 aromatic heterocycles. The summed E-state index contributed by atoms with van der Waals surface area (Å²) >= 11 is 0. The number of hydrogen-bond acceptors (Lipinski definition) is 6. The molecule has 0 atom stereocenters. The minimum atomic E-state index is -0.703. The third-order valence-electron chi connectivity index (χ3n) is 4.57. The molecule has 30 heavy (non-hydrogen) atoms. The molecule has 3 aromatic rings. The van der Waals surface area contributed by atoms with E-state index in [0.717, 1.165) is 40.8 Å². The second kappa shape index (κ2) is 8.96. The first kappa shape index (κ1) is 20.7. The minimum absolute atomic E-state index is 0.0321. The molecule has 0 aliphatic heterocycles. The lowest BCUT2D eigenvalue weighted by atomic mass is 10.1. The summed E-state index contributed by atoms with van der Waals surface area (Å²) in [6.07, 6.45) is 2.74. The van der Waals surface area contributed by atoms with E-state index in [2.05, 4.69) is 4.74 Å². The lowest BCUT2D eigenvalue weighted by Gasteiger charge is -2.03. The number of phenols is 3. The van der Waals surface area contributed by atoms with Crippen molar-refractivity contribution in [3.63, 3.8) is 0 Å². The van der Waals surface area contributed by atoms with E-state index >= 15 is 0 Å². The molecule has 0 spiro atoms. The van der Waals surface area contributed by atoms with Gasteiger partial charge in [0.05, 0.1) is 12.7 Å².